The molecule has 94 valence electrons. The van der Waals surface area contributed by atoms with Crippen LogP contribution in [0.2, 0.25) is 0 Å². The molecule has 2 rings (SSSR count). The lowest BCUT2D eigenvalue weighted by atomic mass is 9.82. The molecule has 1 saturated carbocycles. The van der Waals surface area contributed by atoms with Crippen molar-refractivity contribution in [2.45, 2.75) is 39.5 Å². The van der Waals surface area contributed by atoms with Crippen LogP contribution in [0.3, 0.4) is 0 Å². The highest BCUT2D eigenvalue weighted by Gasteiger charge is 2.18. The quantitative estimate of drug-likeness (QED) is 0.843. The lowest BCUT2D eigenvalue weighted by Crippen LogP contribution is -2.21. The molecule has 0 bridgehead atoms. The van der Waals surface area contributed by atoms with Gasteiger partial charge in [-0.15, -0.1) is 0 Å². The van der Waals surface area contributed by atoms with Crippen LogP contribution in [-0.4, -0.2) is 16.5 Å². The molecule has 4 nitrogen and oxygen atoms in total. The maximum atomic E-state index is 5.70. The Kier molecular flexibility index (Phi) is 3.82. The van der Waals surface area contributed by atoms with Gasteiger partial charge in [-0.25, -0.2) is 9.97 Å². The van der Waals surface area contributed by atoms with E-state index in [2.05, 4.69) is 22.2 Å². The number of nitrogens with one attached hydrogen (secondary N) is 1. The van der Waals surface area contributed by atoms with Gasteiger partial charge in [-0.1, -0.05) is 19.8 Å². The van der Waals surface area contributed by atoms with Crippen LogP contribution in [0, 0.1) is 18.8 Å². The van der Waals surface area contributed by atoms with Crippen molar-refractivity contribution >= 4 is 11.6 Å². The van der Waals surface area contributed by atoms with Crippen molar-refractivity contribution in [1.29, 1.82) is 0 Å². The summed E-state index contributed by atoms with van der Waals surface area (Å²) >= 11 is 0. The number of hydrogen-bond acceptors (Lipinski definition) is 4. The first-order valence-corrected chi connectivity index (χ1v) is 6.48. The second kappa shape index (κ2) is 5.34. The Hall–Kier alpha value is -1.32. The van der Waals surface area contributed by atoms with Gasteiger partial charge in [-0.3, -0.25) is 0 Å². The molecule has 4 heteroatoms. The first-order chi connectivity index (χ1) is 8.13. The molecule has 0 aliphatic heterocycles. The van der Waals surface area contributed by atoms with Crippen LogP contribution in [0.4, 0.5) is 11.6 Å². The van der Waals surface area contributed by atoms with Gasteiger partial charge in [-0.05, 0) is 31.6 Å². The predicted molar refractivity (Wildman–Crippen MR) is 70.8 cm³/mol. The van der Waals surface area contributed by atoms with Gasteiger partial charge in [0.15, 0.2) is 0 Å². The van der Waals surface area contributed by atoms with Gasteiger partial charge in [0.05, 0.1) is 0 Å². The summed E-state index contributed by atoms with van der Waals surface area (Å²) in [6, 6.07) is 1.80. The van der Waals surface area contributed by atoms with E-state index in [1.165, 1.54) is 25.7 Å². The summed E-state index contributed by atoms with van der Waals surface area (Å²) in [5, 5.41) is 3.39. The summed E-state index contributed by atoms with van der Waals surface area (Å²) < 4.78 is 0. The lowest BCUT2D eigenvalue weighted by Gasteiger charge is -2.26. The summed E-state index contributed by atoms with van der Waals surface area (Å²) in [7, 11) is 0. The van der Waals surface area contributed by atoms with Gasteiger partial charge in [0, 0.05) is 12.6 Å². The second-order valence-electron chi connectivity index (χ2n) is 5.24. The molecule has 1 aromatic heterocycles. The molecule has 2 atom stereocenters. The van der Waals surface area contributed by atoms with Gasteiger partial charge in [0.1, 0.15) is 17.5 Å². The third-order valence-electron chi connectivity index (χ3n) is 3.47. The number of nitrogen functional groups attached to an aromatic ring is 1. The van der Waals surface area contributed by atoms with E-state index in [1.807, 2.05) is 6.92 Å². The SMILES string of the molecule is Cc1nc(N)cc(NCC2CCCC(C)C2)n1. The molecule has 0 saturated heterocycles. The topological polar surface area (TPSA) is 63.8 Å². The van der Waals surface area contributed by atoms with E-state index in [0.29, 0.717) is 5.82 Å². The molecular formula is C13H22N4. The van der Waals surface area contributed by atoms with E-state index >= 15 is 0 Å². The average molecular weight is 234 g/mol. The zero-order valence-electron chi connectivity index (χ0n) is 10.7. The van der Waals surface area contributed by atoms with E-state index in [4.69, 9.17) is 5.73 Å². The van der Waals surface area contributed by atoms with E-state index < -0.39 is 0 Å². The van der Waals surface area contributed by atoms with Crippen LogP contribution in [0.25, 0.3) is 0 Å². The number of aryl methyl sites for hydroxylation is 1. The highest BCUT2D eigenvalue weighted by Crippen LogP contribution is 2.28. The molecular weight excluding hydrogens is 212 g/mol. The van der Waals surface area contributed by atoms with Gasteiger partial charge in [0.2, 0.25) is 0 Å². The molecule has 1 aromatic rings. The van der Waals surface area contributed by atoms with Gasteiger partial charge in [0.25, 0.3) is 0 Å². The highest BCUT2D eigenvalue weighted by molar-refractivity contribution is 5.44. The van der Waals surface area contributed by atoms with Gasteiger partial charge in [-0.2, -0.15) is 0 Å². The van der Waals surface area contributed by atoms with Crippen LogP contribution in [0.1, 0.15) is 38.4 Å². The van der Waals surface area contributed by atoms with Crippen molar-refractivity contribution in [2.24, 2.45) is 11.8 Å². The number of aromatic nitrogens is 2. The highest BCUT2D eigenvalue weighted by atomic mass is 15.0. The molecule has 2 unspecified atom stereocenters. The Bertz CT molecular complexity index is 357. The number of nitrogens with two attached hydrogens (primary N) is 1. The zero-order chi connectivity index (χ0) is 12.3. The molecule has 0 radical (unpaired) electrons. The molecule has 3 N–H and O–H groups in total. The molecule has 1 fully saturated rings. The molecule has 0 amide bonds. The molecule has 1 aliphatic carbocycles. The van der Waals surface area contributed by atoms with Crippen LogP contribution in [0.15, 0.2) is 6.07 Å². The molecule has 1 aliphatic rings. The average Bonchev–Trinajstić information content (AvgIpc) is 2.25. The minimum Gasteiger partial charge on any atom is -0.384 e. The Balaban J connectivity index is 1.88. The van der Waals surface area contributed by atoms with Crippen LogP contribution in [-0.2, 0) is 0 Å². The third-order valence-corrected chi connectivity index (χ3v) is 3.47. The normalized spacial score (nSPS) is 24.6. The Morgan fingerprint density at radius 2 is 2.24 bits per heavy atom. The fourth-order valence-corrected chi connectivity index (χ4v) is 2.68. The summed E-state index contributed by atoms with van der Waals surface area (Å²) in [4.78, 5) is 8.40. The third kappa shape index (κ3) is 3.58. The standard InChI is InChI=1S/C13H22N4/c1-9-4-3-5-11(6-9)8-15-13-7-12(14)16-10(2)17-13/h7,9,11H,3-6,8H2,1-2H3,(H3,14,15,16,17). The number of hydrogen-bond donors (Lipinski definition) is 2. The Labute approximate surface area is 103 Å². The van der Waals surface area contributed by atoms with Crippen molar-refractivity contribution < 1.29 is 0 Å². The molecule has 0 aromatic carbocycles. The Morgan fingerprint density at radius 1 is 1.41 bits per heavy atom. The summed E-state index contributed by atoms with van der Waals surface area (Å²) in [5.74, 6) is 3.76. The smallest absolute Gasteiger partial charge is 0.131 e. The van der Waals surface area contributed by atoms with Crippen molar-refractivity contribution in [3.05, 3.63) is 11.9 Å². The summed E-state index contributed by atoms with van der Waals surface area (Å²) in [6.45, 7) is 5.21. The van der Waals surface area contributed by atoms with Crippen molar-refractivity contribution in [1.82, 2.24) is 9.97 Å². The first-order valence-electron chi connectivity index (χ1n) is 6.48. The molecule has 0 spiro atoms. The van der Waals surface area contributed by atoms with Gasteiger partial charge < -0.3 is 11.1 Å². The summed E-state index contributed by atoms with van der Waals surface area (Å²) in [5.41, 5.74) is 5.70. The maximum absolute atomic E-state index is 5.70. The second-order valence-corrected chi connectivity index (χ2v) is 5.24. The van der Waals surface area contributed by atoms with Crippen molar-refractivity contribution in [2.75, 3.05) is 17.6 Å². The van der Waals surface area contributed by atoms with E-state index in [1.54, 1.807) is 6.07 Å². The molecule has 17 heavy (non-hydrogen) atoms. The zero-order valence-corrected chi connectivity index (χ0v) is 10.7. The number of anilines is 2. The lowest BCUT2D eigenvalue weighted by molar-refractivity contribution is 0.293. The van der Waals surface area contributed by atoms with Crippen LogP contribution in [0.5, 0.6) is 0 Å². The monoisotopic (exact) mass is 234 g/mol. The summed E-state index contributed by atoms with van der Waals surface area (Å²) in [6.07, 6.45) is 5.40. The number of nitrogens with zero attached hydrogens (tertiary/aromatic N) is 2. The van der Waals surface area contributed by atoms with Crippen LogP contribution < -0.4 is 11.1 Å². The largest absolute Gasteiger partial charge is 0.384 e. The fourth-order valence-electron chi connectivity index (χ4n) is 2.68. The van der Waals surface area contributed by atoms with Crippen LogP contribution >= 0.6 is 0 Å². The first kappa shape index (κ1) is 12.1. The van der Waals surface area contributed by atoms with E-state index in [9.17, 15) is 0 Å². The Morgan fingerprint density at radius 3 is 2.94 bits per heavy atom. The van der Waals surface area contributed by atoms with E-state index in [-0.39, 0.29) is 0 Å². The van der Waals surface area contributed by atoms with Crippen molar-refractivity contribution in [3.63, 3.8) is 0 Å². The predicted octanol–water partition coefficient (Wildman–Crippen LogP) is 2.61. The van der Waals surface area contributed by atoms with Gasteiger partial charge >= 0.3 is 0 Å². The molecule has 1 heterocycles. The van der Waals surface area contributed by atoms with E-state index in [0.717, 1.165) is 30.0 Å². The maximum Gasteiger partial charge on any atom is 0.131 e. The minimum atomic E-state index is 0.539. The fraction of sp³-hybridized carbons (Fsp3) is 0.692. The van der Waals surface area contributed by atoms with Crippen molar-refractivity contribution in [3.8, 4) is 0 Å². The number of rotatable bonds is 3. The minimum absolute atomic E-state index is 0.539.